The molecule has 0 aliphatic carbocycles. The first-order valence-corrected chi connectivity index (χ1v) is 9.46. The van der Waals surface area contributed by atoms with Gasteiger partial charge >= 0.3 is 6.09 Å². The number of fused-ring (bicyclic) bond motifs is 1. The number of imidazole rings is 1. The molecule has 1 aromatic carbocycles. The number of hydrogen-bond donors (Lipinski definition) is 1. The Labute approximate surface area is 172 Å². The summed E-state index contributed by atoms with van der Waals surface area (Å²) in [5.41, 5.74) is 4.46. The summed E-state index contributed by atoms with van der Waals surface area (Å²) in [6.45, 7) is 0.894. The van der Waals surface area contributed by atoms with E-state index in [2.05, 4.69) is 0 Å². The fraction of sp³-hybridized carbons (Fsp3) is 0.238. The molecule has 29 heavy (non-hydrogen) atoms. The van der Waals surface area contributed by atoms with E-state index in [1.165, 1.54) is 4.90 Å². The number of rotatable bonds is 4. The van der Waals surface area contributed by atoms with E-state index in [1.807, 2.05) is 35.0 Å². The van der Waals surface area contributed by atoms with Gasteiger partial charge in [0.2, 0.25) is 0 Å². The van der Waals surface area contributed by atoms with Crippen LogP contribution in [0.15, 0.2) is 42.7 Å². The summed E-state index contributed by atoms with van der Waals surface area (Å²) in [4.78, 5) is 17.2. The summed E-state index contributed by atoms with van der Waals surface area (Å²) in [5.74, 6) is 1.16. The van der Waals surface area contributed by atoms with E-state index in [-0.39, 0.29) is 0 Å². The van der Waals surface area contributed by atoms with Gasteiger partial charge in [-0.15, -0.1) is 0 Å². The Kier molecular flexibility index (Phi) is 5.07. The first-order chi connectivity index (χ1) is 14.0. The molecule has 7 nitrogen and oxygen atoms in total. The molecule has 1 aliphatic heterocycles. The number of carbonyl (C=O) groups is 1. The van der Waals surface area contributed by atoms with Gasteiger partial charge in [0, 0.05) is 37.1 Å². The van der Waals surface area contributed by atoms with Gasteiger partial charge in [0.15, 0.2) is 0 Å². The summed E-state index contributed by atoms with van der Waals surface area (Å²) in [6.07, 6.45) is 5.61. The molecule has 4 rings (SSSR count). The zero-order chi connectivity index (χ0) is 20.5. The molecule has 150 valence electrons. The number of amides is 1. The van der Waals surface area contributed by atoms with Crippen LogP contribution in [0.1, 0.15) is 12.0 Å². The predicted molar refractivity (Wildman–Crippen MR) is 111 cm³/mol. The summed E-state index contributed by atoms with van der Waals surface area (Å²) < 4.78 is 12.7. The van der Waals surface area contributed by atoms with Crippen LogP contribution >= 0.6 is 11.6 Å². The van der Waals surface area contributed by atoms with E-state index in [9.17, 15) is 4.79 Å². The van der Waals surface area contributed by atoms with E-state index in [0.29, 0.717) is 36.0 Å². The topological polar surface area (TPSA) is 76.3 Å². The van der Waals surface area contributed by atoms with E-state index in [4.69, 9.17) is 31.2 Å². The van der Waals surface area contributed by atoms with E-state index < -0.39 is 6.09 Å². The molecule has 8 heteroatoms. The second kappa shape index (κ2) is 7.67. The van der Waals surface area contributed by atoms with Gasteiger partial charge in [0.25, 0.3) is 0 Å². The number of benzene rings is 1. The minimum Gasteiger partial charge on any atom is -0.496 e. The Hall–Kier alpha value is -3.19. The molecule has 0 unspecified atom stereocenters. The Morgan fingerprint density at radius 2 is 2.00 bits per heavy atom. The maximum absolute atomic E-state index is 11.1. The van der Waals surface area contributed by atoms with Gasteiger partial charge in [-0.2, -0.15) is 0 Å². The van der Waals surface area contributed by atoms with Crippen LogP contribution in [0, 0.1) is 0 Å². The first kappa shape index (κ1) is 19.1. The molecule has 0 saturated heterocycles. The third kappa shape index (κ3) is 3.61. The second-order valence-electron chi connectivity index (χ2n) is 6.70. The van der Waals surface area contributed by atoms with Crippen LogP contribution in [0.4, 0.5) is 4.79 Å². The standard InChI is InChI=1S/C21H20ClN3O4/c1-28-18-11-19(29-2)16(22)10-15(18)17-12-25-8-5-14(9-20(25)23-17)13-3-6-24(7-4-13)21(26)27/h3,5,8-12H,4,6-7H2,1-2H3,(H,26,27). The van der Waals surface area contributed by atoms with Gasteiger partial charge in [0.05, 0.1) is 24.9 Å². The predicted octanol–water partition coefficient (Wildman–Crippen LogP) is 4.44. The molecule has 0 radical (unpaired) electrons. The third-order valence-electron chi connectivity index (χ3n) is 5.06. The van der Waals surface area contributed by atoms with E-state index in [1.54, 1.807) is 26.4 Å². The van der Waals surface area contributed by atoms with Crippen molar-refractivity contribution in [3.8, 4) is 22.8 Å². The molecule has 1 aliphatic rings. The average Bonchev–Trinajstić information content (AvgIpc) is 3.16. The first-order valence-electron chi connectivity index (χ1n) is 9.08. The lowest BCUT2D eigenvalue weighted by Crippen LogP contribution is -2.33. The molecule has 0 bridgehead atoms. The summed E-state index contributed by atoms with van der Waals surface area (Å²) >= 11 is 6.30. The quantitative estimate of drug-likeness (QED) is 0.684. The molecule has 3 heterocycles. The van der Waals surface area contributed by atoms with Crippen LogP contribution in [0.25, 0.3) is 22.5 Å². The Morgan fingerprint density at radius 1 is 1.21 bits per heavy atom. The molecule has 0 spiro atoms. The van der Waals surface area contributed by atoms with E-state index in [0.717, 1.165) is 28.0 Å². The number of methoxy groups -OCH3 is 2. The number of pyridine rings is 1. The van der Waals surface area contributed by atoms with Crippen LogP contribution in [0.5, 0.6) is 11.5 Å². The van der Waals surface area contributed by atoms with Crippen LogP contribution in [0.3, 0.4) is 0 Å². The third-order valence-corrected chi connectivity index (χ3v) is 5.36. The van der Waals surface area contributed by atoms with Crippen molar-refractivity contribution in [2.75, 3.05) is 27.3 Å². The lowest BCUT2D eigenvalue weighted by atomic mass is 10.0. The van der Waals surface area contributed by atoms with Gasteiger partial charge in [0.1, 0.15) is 17.1 Å². The molecule has 0 saturated carbocycles. The smallest absolute Gasteiger partial charge is 0.407 e. The van der Waals surface area contributed by atoms with Gasteiger partial charge < -0.3 is 23.9 Å². The number of ether oxygens (including phenoxy) is 2. The molecule has 1 amide bonds. The highest BCUT2D eigenvalue weighted by Gasteiger charge is 2.18. The lowest BCUT2D eigenvalue weighted by Gasteiger charge is -2.23. The van der Waals surface area contributed by atoms with Crippen molar-refractivity contribution in [1.82, 2.24) is 14.3 Å². The van der Waals surface area contributed by atoms with E-state index >= 15 is 0 Å². The Balaban J connectivity index is 1.70. The molecule has 2 aromatic heterocycles. The summed E-state index contributed by atoms with van der Waals surface area (Å²) in [5, 5.41) is 9.58. The normalized spacial score (nSPS) is 14.0. The monoisotopic (exact) mass is 413 g/mol. The number of carboxylic acid groups (broad SMARTS) is 1. The van der Waals surface area contributed by atoms with Crippen molar-refractivity contribution in [2.24, 2.45) is 0 Å². The molecular weight excluding hydrogens is 394 g/mol. The molecular formula is C21H20ClN3O4. The van der Waals surface area contributed by atoms with Crippen molar-refractivity contribution >= 4 is 28.9 Å². The van der Waals surface area contributed by atoms with Gasteiger partial charge in [-0.1, -0.05) is 17.7 Å². The average molecular weight is 414 g/mol. The molecule has 3 aromatic rings. The highest BCUT2D eigenvalue weighted by molar-refractivity contribution is 6.32. The van der Waals surface area contributed by atoms with Crippen molar-refractivity contribution in [2.45, 2.75) is 6.42 Å². The number of hydrogen-bond acceptors (Lipinski definition) is 4. The largest absolute Gasteiger partial charge is 0.496 e. The molecule has 1 N–H and O–H groups in total. The van der Waals surface area contributed by atoms with Crippen LogP contribution in [-0.2, 0) is 0 Å². The maximum atomic E-state index is 11.1. The van der Waals surface area contributed by atoms with Gasteiger partial charge in [-0.05, 0) is 35.8 Å². The molecule has 0 atom stereocenters. The number of nitrogens with zero attached hydrogens (tertiary/aromatic N) is 3. The lowest BCUT2D eigenvalue weighted by molar-refractivity contribution is 0.150. The minimum absolute atomic E-state index is 0.400. The zero-order valence-corrected chi connectivity index (χ0v) is 16.8. The highest BCUT2D eigenvalue weighted by atomic mass is 35.5. The summed E-state index contributed by atoms with van der Waals surface area (Å²) in [6, 6.07) is 7.54. The summed E-state index contributed by atoms with van der Waals surface area (Å²) in [7, 11) is 3.15. The van der Waals surface area contributed by atoms with Crippen molar-refractivity contribution in [3.63, 3.8) is 0 Å². The van der Waals surface area contributed by atoms with Crippen molar-refractivity contribution < 1.29 is 19.4 Å². The Morgan fingerprint density at radius 3 is 2.66 bits per heavy atom. The SMILES string of the molecule is COc1cc(OC)c(-c2cn3ccc(C4=CCN(C(=O)O)CC4)cc3n2)cc1Cl. The maximum Gasteiger partial charge on any atom is 0.407 e. The van der Waals surface area contributed by atoms with Crippen molar-refractivity contribution in [3.05, 3.63) is 53.3 Å². The number of halogens is 1. The van der Waals surface area contributed by atoms with Crippen LogP contribution < -0.4 is 9.47 Å². The zero-order valence-electron chi connectivity index (χ0n) is 16.1. The Bertz CT molecular complexity index is 1120. The van der Waals surface area contributed by atoms with Gasteiger partial charge in [-0.3, -0.25) is 0 Å². The van der Waals surface area contributed by atoms with Gasteiger partial charge in [-0.25, -0.2) is 9.78 Å². The fourth-order valence-corrected chi connectivity index (χ4v) is 3.72. The highest BCUT2D eigenvalue weighted by Crippen LogP contribution is 2.38. The van der Waals surface area contributed by atoms with Crippen LogP contribution in [0.2, 0.25) is 5.02 Å². The van der Waals surface area contributed by atoms with Crippen LogP contribution in [-0.4, -0.2) is 52.8 Å². The number of aromatic nitrogens is 2. The van der Waals surface area contributed by atoms with Crippen molar-refractivity contribution in [1.29, 1.82) is 0 Å². The molecule has 0 fully saturated rings. The minimum atomic E-state index is -0.888. The second-order valence-corrected chi connectivity index (χ2v) is 7.11. The fourth-order valence-electron chi connectivity index (χ4n) is 3.48.